The number of nitrogens with zero attached hydrogens (tertiary/aromatic N) is 1. The zero-order valence-electron chi connectivity index (χ0n) is 13.6. The lowest BCUT2D eigenvalue weighted by atomic mass is 10.1. The fourth-order valence-corrected chi connectivity index (χ4v) is 2.93. The summed E-state index contributed by atoms with van der Waals surface area (Å²) in [5, 5.41) is 18.1. The minimum absolute atomic E-state index is 0.0426. The number of hydrogen-bond acceptors (Lipinski definition) is 4. The zero-order valence-corrected chi connectivity index (χ0v) is 14.4. The van der Waals surface area contributed by atoms with E-state index in [2.05, 4.69) is 0 Å². The molecule has 2 rings (SSSR count). The van der Waals surface area contributed by atoms with E-state index >= 15 is 0 Å². The molecule has 0 aliphatic carbocycles. The number of rotatable bonds is 6. The van der Waals surface area contributed by atoms with Crippen molar-refractivity contribution in [2.75, 3.05) is 5.75 Å². The van der Waals surface area contributed by atoms with Gasteiger partial charge in [-0.15, -0.1) is 11.8 Å². The standard InChI is InChI=1S/C18H14F3NO3S/c1-2-26-15-3-4-16(12(8-15)10-22)25-14-6-11(7-17(23)24)5-13(9-14)18(19,20)21/h3-6,8-9H,2,7H2,1H3,(H,23,24). The molecule has 136 valence electrons. The van der Waals surface area contributed by atoms with Crippen LogP contribution in [-0.4, -0.2) is 16.8 Å². The van der Waals surface area contributed by atoms with E-state index in [1.807, 2.05) is 13.0 Å². The van der Waals surface area contributed by atoms with Gasteiger partial charge in [-0.25, -0.2) is 0 Å². The molecule has 0 fully saturated rings. The minimum Gasteiger partial charge on any atom is -0.481 e. The summed E-state index contributed by atoms with van der Waals surface area (Å²) in [7, 11) is 0. The summed E-state index contributed by atoms with van der Waals surface area (Å²) in [4.78, 5) is 11.7. The van der Waals surface area contributed by atoms with Crippen LogP contribution >= 0.6 is 11.8 Å². The summed E-state index contributed by atoms with van der Waals surface area (Å²) in [6.45, 7) is 1.95. The normalized spacial score (nSPS) is 11.0. The smallest absolute Gasteiger partial charge is 0.416 e. The van der Waals surface area contributed by atoms with Crippen LogP contribution in [0, 0.1) is 11.3 Å². The van der Waals surface area contributed by atoms with Gasteiger partial charge in [-0.05, 0) is 47.7 Å². The highest BCUT2D eigenvalue weighted by molar-refractivity contribution is 7.99. The van der Waals surface area contributed by atoms with Gasteiger partial charge >= 0.3 is 12.1 Å². The number of carbonyl (C=O) groups is 1. The van der Waals surface area contributed by atoms with Gasteiger partial charge in [0.25, 0.3) is 0 Å². The number of thioether (sulfide) groups is 1. The third-order valence-corrected chi connectivity index (χ3v) is 4.14. The van der Waals surface area contributed by atoms with Crippen LogP contribution in [0.15, 0.2) is 41.3 Å². The maximum Gasteiger partial charge on any atom is 0.416 e. The molecule has 0 bridgehead atoms. The largest absolute Gasteiger partial charge is 0.481 e. The van der Waals surface area contributed by atoms with Gasteiger partial charge in [-0.3, -0.25) is 4.79 Å². The molecular weight excluding hydrogens is 367 g/mol. The molecule has 0 saturated heterocycles. The lowest BCUT2D eigenvalue weighted by molar-refractivity contribution is -0.138. The molecule has 0 aliphatic rings. The second-order valence-corrected chi connectivity index (χ2v) is 6.58. The predicted molar refractivity (Wildman–Crippen MR) is 90.4 cm³/mol. The third-order valence-electron chi connectivity index (χ3n) is 3.26. The predicted octanol–water partition coefficient (Wildman–Crippen LogP) is 5.11. The molecule has 0 unspecified atom stereocenters. The minimum atomic E-state index is -4.65. The fraction of sp³-hybridized carbons (Fsp3) is 0.222. The van der Waals surface area contributed by atoms with Gasteiger partial charge in [-0.1, -0.05) is 6.92 Å². The Kier molecular flexibility index (Phi) is 6.16. The summed E-state index contributed by atoms with van der Waals surface area (Å²) in [6, 6.07) is 9.53. The van der Waals surface area contributed by atoms with E-state index in [9.17, 15) is 23.2 Å². The number of halogens is 3. The summed E-state index contributed by atoms with van der Waals surface area (Å²) >= 11 is 1.51. The molecular formula is C18H14F3NO3S. The van der Waals surface area contributed by atoms with Crippen molar-refractivity contribution in [3.63, 3.8) is 0 Å². The summed E-state index contributed by atoms with van der Waals surface area (Å²) < 4.78 is 44.6. The zero-order chi connectivity index (χ0) is 19.3. The molecule has 0 radical (unpaired) electrons. The molecule has 0 heterocycles. The Morgan fingerprint density at radius 2 is 2.00 bits per heavy atom. The number of carboxylic acid groups (broad SMARTS) is 1. The third kappa shape index (κ3) is 5.17. The Labute approximate surface area is 152 Å². The number of aliphatic carboxylic acids is 1. The Balaban J connectivity index is 2.42. The maximum atomic E-state index is 13.0. The first-order valence-electron chi connectivity index (χ1n) is 7.50. The van der Waals surface area contributed by atoms with E-state index in [1.165, 1.54) is 23.9 Å². The number of benzene rings is 2. The lowest BCUT2D eigenvalue weighted by Crippen LogP contribution is -2.08. The van der Waals surface area contributed by atoms with Gasteiger partial charge in [0, 0.05) is 4.90 Å². The monoisotopic (exact) mass is 381 g/mol. The average Bonchev–Trinajstić information content (AvgIpc) is 2.55. The maximum absolute atomic E-state index is 13.0. The van der Waals surface area contributed by atoms with Crippen molar-refractivity contribution in [3.05, 3.63) is 53.1 Å². The Morgan fingerprint density at radius 1 is 1.27 bits per heavy atom. The molecule has 0 amide bonds. The van der Waals surface area contributed by atoms with Crippen molar-refractivity contribution in [3.8, 4) is 17.6 Å². The number of ether oxygens (including phenoxy) is 1. The van der Waals surface area contributed by atoms with Crippen molar-refractivity contribution in [2.45, 2.75) is 24.4 Å². The molecule has 0 aromatic heterocycles. The second kappa shape index (κ2) is 8.15. The number of alkyl halides is 3. The van der Waals surface area contributed by atoms with Gasteiger partial charge in [0.05, 0.1) is 17.5 Å². The van der Waals surface area contributed by atoms with Crippen LogP contribution < -0.4 is 4.74 Å². The summed E-state index contributed by atoms with van der Waals surface area (Å²) in [5.41, 5.74) is -0.873. The van der Waals surface area contributed by atoms with E-state index in [0.29, 0.717) is 0 Å². The number of nitriles is 1. The number of carboxylic acids is 1. The highest BCUT2D eigenvalue weighted by atomic mass is 32.2. The van der Waals surface area contributed by atoms with Crippen LogP contribution in [-0.2, 0) is 17.4 Å². The second-order valence-electron chi connectivity index (χ2n) is 5.24. The SMILES string of the molecule is CCSc1ccc(Oc2cc(CC(=O)O)cc(C(F)(F)F)c2)c(C#N)c1. The molecule has 0 spiro atoms. The first-order chi connectivity index (χ1) is 12.2. The van der Waals surface area contributed by atoms with E-state index in [-0.39, 0.29) is 22.6 Å². The van der Waals surface area contributed by atoms with Gasteiger partial charge in [0.2, 0.25) is 0 Å². The molecule has 0 saturated carbocycles. The van der Waals surface area contributed by atoms with Crippen LogP contribution in [0.1, 0.15) is 23.6 Å². The molecule has 0 atom stereocenters. The summed E-state index contributed by atoms with van der Waals surface area (Å²) in [6.07, 6.45) is -5.22. The van der Waals surface area contributed by atoms with Crippen molar-refractivity contribution < 1.29 is 27.8 Å². The lowest BCUT2D eigenvalue weighted by Gasteiger charge is -2.13. The van der Waals surface area contributed by atoms with Gasteiger partial charge in [-0.2, -0.15) is 18.4 Å². The summed E-state index contributed by atoms with van der Waals surface area (Å²) in [5.74, 6) is -0.525. The average molecular weight is 381 g/mol. The first kappa shape index (κ1) is 19.7. The number of hydrogen-bond donors (Lipinski definition) is 1. The molecule has 1 N–H and O–H groups in total. The topological polar surface area (TPSA) is 70.3 Å². The molecule has 0 aliphatic heterocycles. The van der Waals surface area contributed by atoms with E-state index in [1.54, 1.807) is 12.1 Å². The van der Waals surface area contributed by atoms with Crippen LogP contribution in [0.2, 0.25) is 0 Å². The van der Waals surface area contributed by atoms with E-state index in [0.717, 1.165) is 22.8 Å². The first-order valence-corrected chi connectivity index (χ1v) is 8.49. The Hall–Kier alpha value is -2.66. The molecule has 2 aromatic carbocycles. The van der Waals surface area contributed by atoms with Crippen molar-refractivity contribution in [1.29, 1.82) is 5.26 Å². The van der Waals surface area contributed by atoms with E-state index in [4.69, 9.17) is 9.84 Å². The van der Waals surface area contributed by atoms with Crippen LogP contribution in [0.25, 0.3) is 0 Å². The highest BCUT2D eigenvalue weighted by Gasteiger charge is 2.31. The van der Waals surface area contributed by atoms with Crippen molar-refractivity contribution in [2.24, 2.45) is 0 Å². The molecule has 4 nitrogen and oxygen atoms in total. The van der Waals surface area contributed by atoms with Crippen LogP contribution in [0.5, 0.6) is 11.5 Å². The fourth-order valence-electron chi connectivity index (χ4n) is 2.23. The Bertz CT molecular complexity index is 860. The van der Waals surface area contributed by atoms with Crippen molar-refractivity contribution >= 4 is 17.7 Å². The molecule has 26 heavy (non-hydrogen) atoms. The van der Waals surface area contributed by atoms with Crippen LogP contribution in [0.4, 0.5) is 13.2 Å². The van der Waals surface area contributed by atoms with Crippen LogP contribution in [0.3, 0.4) is 0 Å². The van der Waals surface area contributed by atoms with Gasteiger partial charge < -0.3 is 9.84 Å². The highest BCUT2D eigenvalue weighted by Crippen LogP contribution is 2.35. The van der Waals surface area contributed by atoms with E-state index < -0.39 is 24.1 Å². The van der Waals surface area contributed by atoms with Crippen molar-refractivity contribution in [1.82, 2.24) is 0 Å². The Morgan fingerprint density at radius 3 is 2.58 bits per heavy atom. The quantitative estimate of drug-likeness (QED) is 0.704. The molecule has 2 aromatic rings. The van der Waals surface area contributed by atoms with Gasteiger partial charge in [0.1, 0.15) is 17.6 Å². The molecule has 8 heteroatoms. The van der Waals surface area contributed by atoms with Gasteiger partial charge in [0.15, 0.2) is 0 Å².